The summed E-state index contributed by atoms with van der Waals surface area (Å²) in [5, 5.41) is 6.53. The van der Waals surface area contributed by atoms with Crippen LogP contribution in [0.5, 0.6) is 0 Å². The smallest absolute Gasteiger partial charge is 0.250 e. The molecule has 1 spiro atoms. The molecular formula is C25H27N3O4. The molecule has 0 aromatic heterocycles. The van der Waals surface area contributed by atoms with Crippen LogP contribution in [-0.4, -0.2) is 48.9 Å². The minimum atomic E-state index is -1.25. The Bertz CT molecular complexity index is 1090. The summed E-state index contributed by atoms with van der Waals surface area (Å²) in [6, 6.07) is 15.3. The number of ether oxygens (including phenoxy) is 1. The third kappa shape index (κ3) is 2.84. The molecule has 5 rings (SSSR count). The van der Waals surface area contributed by atoms with E-state index in [1.807, 2.05) is 55.5 Å². The fourth-order valence-electron chi connectivity index (χ4n) is 5.69. The summed E-state index contributed by atoms with van der Waals surface area (Å²) < 4.78 is 5.13. The maximum absolute atomic E-state index is 13.6. The zero-order chi connectivity index (χ0) is 22.5. The highest BCUT2D eigenvalue weighted by molar-refractivity contribution is 6.15. The van der Waals surface area contributed by atoms with Crippen LogP contribution in [0.2, 0.25) is 0 Å². The number of nitrogens with one attached hydrogen (secondary N) is 2. The number of hydrogen-bond donors (Lipinski definition) is 2. The molecule has 2 fully saturated rings. The minimum Gasteiger partial charge on any atom is -0.383 e. The second-order valence-electron chi connectivity index (χ2n) is 8.72. The van der Waals surface area contributed by atoms with Gasteiger partial charge in [0.25, 0.3) is 0 Å². The van der Waals surface area contributed by atoms with Gasteiger partial charge in [0.15, 0.2) is 0 Å². The number of imide groups is 1. The van der Waals surface area contributed by atoms with E-state index in [-0.39, 0.29) is 36.9 Å². The highest BCUT2D eigenvalue weighted by Gasteiger charge is 2.70. The van der Waals surface area contributed by atoms with Crippen LogP contribution in [-0.2, 0) is 37.5 Å². The Kier molecular flexibility index (Phi) is 5.10. The van der Waals surface area contributed by atoms with Crippen LogP contribution in [0.1, 0.15) is 23.6 Å². The van der Waals surface area contributed by atoms with E-state index in [1.54, 1.807) is 7.11 Å². The third-order valence-corrected chi connectivity index (χ3v) is 7.13. The number of amides is 3. The quantitative estimate of drug-likeness (QED) is 0.679. The molecule has 7 nitrogen and oxygen atoms in total. The predicted octanol–water partition coefficient (Wildman–Crippen LogP) is 1.86. The van der Waals surface area contributed by atoms with Gasteiger partial charge in [-0.1, -0.05) is 55.5 Å². The van der Waals surface area contributed by atoms with Crippen molar-refractivity contribution in [1.29, 1.82) is 0 Å². The molecule has 4 unspecified atom stereocenters. The van der Waals surface area contributed by atoms with E-state index in [0.717, 1.165) is 28.8 Å². The summed E-state index contributed by atoms with van der Waals surface area (Å²) >= 11 is 0. The molecule has 3 aliphatic rings. The van der Waals surface area contributed by atoms with Crippen molar-refractivity contribution >= 4 is 23.4 Å². The van der Waals surface area contributed by atoms with Crippen molar-refractivity contribution in [1.82, 2.24) is 10.2 Å². The van der Waals surface area contributed by atoms with Gasteiger partial charge in [-0.15, -0.1) is 0 Å². The van der Waals surface area contributed by atoms with Crippen LogP contribution < -0.4 is 10.6 Å². The summed E-state index contributed by atoms with van der Waals surface area (Å²) in [5.41, 5.74) is 2.35. The Morgan fingerprint density at radius 2 is 1.81 bits per heavy atom. The van der Waals surface area contributed by atoms with Crippen LogP contribution in [0.25, 0.3) is 0 Å². The first kappa shape index (κ1) is 20.8. The van der Waals surface area contributed by atoms with Gasteiger partial charge in [-0.3, -0.25) is 24.6 Å². The number of carbonyl (C=O) groups is 3. The van der Waals surface area contributed by atoms with Crippen LogP contribution in [0, 0.1) is 11.8 Å². The number of para-hydroxylation sites is 1. The summed E-state index contributed by atoms with van der Waals surface area (Å²) in [6.45, 7) is 2.49. The first-order valence-electron chi connectivity index (χ1n) is 11.1. The Balaban J connectivity index is 1.62. The van der Waals surface area contributed by atoms with E-state index in [9.17, 15) is 14.4 Å². The summed E-state index contributed by atoms with van der Waals surface area (Å²) in [6.07, 6.45) is 1.31. The van der Waals surface area contributed by atoms with E-state index in [2.05, 4.69) is 10.6 Å². The summed E-state index contributed by atoms with van der Waals surface area (Å²) in [4.78, 5) is 41.9. The number of methoxy groups -OCH3 is 1. The number of carbonyl (C=O) groups excluding carboxylic acids is 3. The van der Waals surface area contributed by atoms with Crippen LogP contribution in [0.15, 0.2) is 48.5 Å². The molecule has 2 aromatic carbocycles. The van der Waals surface area contributed by atoms with Crippen molar-refractivity contribution in [3.63, 3.8) is 0 Å². The van der Waals surface area contributed by atoms with Gasteiger partial charge in [0, 0.05) is 24.4 Å². The summed E-state index contributed by atoms with van der Waals surface area (Å²) in [7, 11) is 1.54. The molecule has 3 aliphatic heterocycles. The van der Waals surface area contributed by atoms with E-state index >= 15 is 0 Å². The number of likely N-dealkylation sites (tertiary alicyclic amines) is 1. The maximum Gasteiger partial charge on any atom is 0.250 e. The van der Waals surface area contributed by atoms with Crippen LogP contribution >= 0.6 is 0 Å². The zero-order valence-electron chi connectivity index (χ0n) is 18.3. The van der Waals surface area contributed by atoms with E-state index in [4.69, 9.17) is 4.74 Å². The topological polar surface area (TPSA) is 87.7 Å². The normalized spacial score (nSPS) is 28.4. The largest absolute Gasteiger partial charge is 0.383 e. The Hall–Kier alpha value is -3.03. The molecule has 2 N–H and O–H groups in total. The maximum atomic E-state index is 13.6. The molecule has 3 heterocycles. The van der Waals surface area contributed by atoms with Gasteiger partial charge in [0.1, 0.15) is 5.54 Å². The lowest BCUT2D eigenvalue weighted by atomic mass is 9.76. The molecule has 3 amide bonds. The monoisotopic (exact) mass is 433 g/mol. The Labute approximate surface area is 187 Å². The number of rotatable bonds is 6. The lowest BCUT2D eigenvalue weighted by molar-refractivity contribution is -0.143. The molecule has 166 valence electrons. The van der Waals surface area contributed by atoms with Gasteiger partial charge in [-0.05, 0) is 24.0 Å². The standard InChI is InChI=1S/C25H27N3O4/c1-3-16-10-7-11-17-21(16)26-24(31)25(17)20-19(22(29)28(23(20)30)12-13-32-2)18(27-25)14-15-8-5-4-6-9-15/h4-11,18-20,27H,3,12-14H2,1-2H3,(H,26,31). The average Bonchev–Trinajstić information content (AvgIpc) is 3.38. The van der Waals surface area contributed by atoms with Crippen molar-refractivity contribution < 1.29 is 19.1 Å². The zero-order valence-corrected chi connectivity index (χ0v) is 18.3. The molecule has 32 heavy (non-hydrogen) atoms. The number of anilines is 1. The SMILES string of the molecule is CCc1cccc2c1NC(=O)C21NC(Cc2ccccc2)C2C(=O)N(CCOC)C(=O)C21. The Morgan fingerprint density at radius 1 is 1.03 bits per heavy atom. The second kappa shape index (κ2) is 7.83. The van der Waals surface area contributed by atoms with E-state index < -0.39 is 17.4 Å². The van der Waals surface area contributed by atoms with Crippen molar-refractivity contribution in [2.24, 2.45) is 11.8 Å². The molecule has 2 saturated heterocycles. The van der Waals surface area contributed by atoms with Gasteiger partial charge >= 0.3 is 0 Å². The molecule has 0 bridgehead atoms. The highest BCUT2D eigenvalue weighted by atomic mass is 16.5. The highest BCUT2D eigenvalue weighted by Crippen LogP contribution is 2.53. The van der Waals surface area contributed by atoms with Gasteiger partial charge in [-0.2, -0.15) is 0 Å². The fourth-order valence-corrected chi connectivity index (χ4v) is 5.69. The number of hydrogen-bond acceptors (Lipinski definition) is 5. The first-order chi connectivity index (χ1) is 15.5. The van der Waals surface area contributed by atoms with Gasteiger partial charge < -0.3 is 10.1 Å². The van der Waals surface area contributed by atoms with Gasteiger partial charge in [0.05, 0.1) is 25.0 Å². The molecule has 0 aliphatic carbocycles. The number of benzene rings is 2. The number of nitrogens with zero attached hydrogens (tertiary/aromatic N) is 1. The van der Waals surface area contributed by atoms with Crippen molar-refractivity contribution in [2.45, 2.75) is 31.3 Å². The molecule has 7 heteroatoms. The molecule has 0 saturated carbocycles. The van der Waals surface area contributed by atoms with Gasteiger partial charge in [0.2, 0.25) is 17.7 Å². The first-order valence-corrected chi connectivity index (χ1v) is 11.1. The third-order valence-electron chi connectivity index (χ3n) is 7.13. The molecule has 0 radical (unpaired) electrons. The molecule has 2 aromatic rings. The lowest BCUT2D eigenvalue weighted by Crippen LogP contribution is -2.53. The average molecular weight is 434 g/mol. The molecule has 4 atom stereocenters. The molecular weight excluding hydrogens is 406 g/mol. The van der Waals surface area contributed by atoms with Crippen LogP contribution in [0.4, 0.5) is 5.69 Å². The van der Waals surface area contributed by atoms with Crippen molar-refractivity contribution in [3.05, 3.63) is 65.2 Å². The van der Waals surface area contributed by atoms with Crippen LogP contribution in [0.3, 0.4) is 0 Å². The number of fused-ring (bicyclic) bond motifs is 4. The fraction of sp³-hybridized carbons (Fsp3) is 0.400. The van der Waals surface area contributed by atoms with E-state index in [1.165, 1.54) is 4.90 Å². The lowest BCUT2D eigenvalue weighted by Gasteiger charge is -2.29. The Morgan fingerprint density at radius 3 is 2.53 bits per heavy atom. The predicted molar refractivity (Wildman–Crippen MR) is 119 cm³/mol. The second-order valence-corrected chi connectivity index (χ2v) is 8.72. The van der Waals surface area contributed by atoms with Gasteiger partial charge in [-0.25, -0.2) is 0 Å². The summed E-state index contributed by atoms with van der Waals surface area (Å²) in [5.74, 6) is -2.18. The van der Waals surface area contributed by atoms with Crippen molar-refractivity contribution in [2.75, 3.05) is 25.6 Å². The van der Waals surface area contributed by atoms with Crippen molar-refractivity contribution in [3.8, 4) is 0 Å². The minimum absolute atomic E-state index is 0.193. The number of aryl methyl sites for hydroxylation is 1. The van der Waals surface area contributed by atoms with E-state index in [0.29, 0.717) is 6.42 Å².